The fraction of sp³-hybridized carbons (Fsp3) is 0.235. The maximum absolute atomic E-state index is 11.9. The van der Waals surface area contributed by atoms with Gasteiger partial charge in [0.2, 0.25) is 0 Å². The molecule has 1 unspecified atom stereocenters. The molecule has 1 saturated heterocycles. The van der Waals surface area contributed by atoms with Crippen molar-refractivity contribution in [2.24, 2.45) is 0 Å². The van der Waals surface area contributed by atoms with Crippen LogP contribution in [0.5, 0.6) is 5.75 Å². The average molecular weight is 346 g/mol. The summed E-state index contributed by atoms with van der Waals surface area (Å²) < 4.78 is 26.5. The molecule has 1 aliphatic heterocycles. The summed E-state index contributed by atoms with van der Waals surface area (Å²) in [4.78, 5) is 11.3. The second-order valence-corrected chi connectivity index (χ2v) is 7.47. The van der Waals surface area contributed by atoms with Crippen LogP contribution >= 0.6 is 0 Å². The fourth-order valence-electron chi connectivity index (χ4n) is 2.80. The second kappa shape index (κ2) is 6.16. The first kappa shape index (κ1) is 16.3. The van der Waals surface area contributed by atoms with Crippen LogP contribution in [0.4, 0.5) is 5.69 Å². The molecular formula is C17H18N2O4S. The summed E-state index contributed by atoms with van der Waals surface area (Å²) >= 11 is 0. The van der Waals surface area contributed by atoms with E-state index < -0.39 is 16.1 Å². The third kappa shape index (κ3) is 3.21. The molecule has 24 heavy (non-hydrogen) atoms. The maximum atomic E-state index is 11.9. The molecule has 0 aromatic heterocycles. The van der Waals surface area contributed by atoms with Crippen molar-refractivity contribution < 1.29 is 18.3 Å². The van der Waals surface area contributed by atoms with Gasteiger partial charge in [0.25, 0.3) is 5.91 Å². The van der Waals surface area contributed by atoms with E-state index in [9.17, 15) is 18.3 Å². The van der Waals surface area contributed by atoms with Gasteiger partial charge in [-0.2, -0.15) is 8.42 Å². The van der Waals surface area contributed by atoms with E-state index >= 15 is 0 Å². The number of phenols is 1. The number of benzene rings is 2. The molecule has 3 rings (SSSR count). The highest BCUT2D eigenvalue weighted by Gasteiger charge is 2.35. The van der Waals surface area contributed by atoms with E-state index in [1.54, 1.807) is 12.1 Å². The first-order valence-corrected chi connectivity index (χ1v) is 9.01. The van der Waals surface area contributed by atoms with Crippen molar-refractivity contribution in [3.05, 3.63) is 59.7 Å². The van der Waals surface area contributed by atoms with Gasteiger partial charge in [0.05, 0.1) is 5.69 Å². The van der Waals surface area contributed by atoms with E-state index in [-0.39, 0.29) is 23.9 Å². The number of carbonyl (C=O) groups is 1. The highest BCUT2D eigenvalue weighted by Crippen LogP contribution is 2.34. The molecule has 2 aromatic carbocycles. The third-order valence-corrected chi connectivity index (χ3v) is 5.43. The molecule has 1 aliphatic rings. The molecule has 6 nitrogen and oxygen atoms in total. The van der Waals surface area contributed by atoms with Gasteiger partial charge in [-0.05, 0) is 35.6 Å². The normalized spacial score (nSPS) is 17.5. The lowest BCUT2D eigenvalue weighted by Crippen LogP contribution is -2.29. The van der Waals surface area contributed by atoms with Gasteiger partial charge >= 0.3 is 10.2 Å². The molecule has 2 N–H and O–H groups in total. The number of amides is 1. The molecule has 0 saturated carbocycles. The van der Waals surface area contributed by atoms with Crippen LogP contribution in [0.2, 0.25) is 0 Å². The first-order valence-electron chi connectivity index (χ1n) is 7.57. The zero-order valence-corrected chi connectivity index (χ0v) is 14.0. The molecule has 0 spiro atoms. The van der Waals surface area contributed by atoms with Crippen LogP contribution in [0.25, 0.3) is 0 Å². The Labute approximate surface area is 140 Å². The van der Waals surface area contributed by atoms with E-state index in [4.69, 9.17) is 0 Å². The molecule has 0 aliphatic carbocycles. The van der Waals surface area contributed by atoms with Crippen molar-refractivity contribution in [1.29, 1.82) is 0 Å². The SMILES string of the molecule is CC(Cc1ccccc1)c1ccc(N2CC(=O)NS2(=O)=O)c(O)c1. The minimum Gasteiger partial charge on any atom is -0.506 e. The Bertz CT molecular complexity index is 865. The number of nitrogens with zero attached hydrogens (tertiary/aromatic N) is 1. The van der Waals surface area contributed by atoms with Crippen molar-refractivity contribution in [3.63, 3.8) is 0 Å². The fourth-order valence-corrected chi connectivity index (χ4v) is 3.97. The first-order chi connectivity index (χ1) is 11.4. The summed E-state index contributed by atoms with van der Waals surface area (Å²) in [7, 11) is -3.92. The Morgan fingerprint density at radius 2 is 1.92 bits per heavy atom. The summed E-state index contributed by atoms with van der Waals surface area (Å²) in [6, 6.07) is 14.9. The number of carbonyl (C=O) groups excluding carboxylic acids is 1. The number of aromatic hydroxyl groups is 1. The van der Waals surface area contributed by atoms with Crippen LogP contribution < -0.4 is 9.03 Å². The summed E-state index contributed by atoms with van der Waals surface area (Å²) in [5.74, 6) is -0.620. The van der Waals surface area contributed by atoms with Gasteiger partial charge in [0, 0.05) is 0 Å². The molecule has 2 aromatic rings. The number of hydrogen-bond acceptors (Lipinski definition) is 4. The van der Waals surface area contributed by atoms with Gasteiger partial charge < -0.3 is 5.11 Å². The Morgan fingerprint density at radius 1 is 1.21 bits per heavy atom. The summed E-state index contributed by atoms with van der Waals surface area (Å²) in [5, 5.41) is 10.2. The standard InChI is InChI=1S/C17H18N2O4S/c1-12(9-13-5-3-2-4-6-13)14-7-8-15(16(20)10-14)19-11-17(21)18-24(19,22)23/h2-8,10,12,20H,9,11H2,1H3,(H,18,21). The molecule has 1 atom stereocenters. The summed E-state index contributed by atoms with van der Waals surface area (Å²) in [5.41, 5.74) is 2.19. The van der Waals surface area contributed by atoms with E-state index in [2.05, 4.69) is 0 Å². The van der Waals surface area contributed by atoms with Crippen molar-refractivity contribution >= 4 is 21.8 Å². The van der Waals surface area contributed by atoms with E-state index in [1.807, 2.05) is 42.0 Å². The molecule has 1 fully saturated rings. The monoisotopic (exact) mass is 346 g/mol. The number of phenolic OH excluding ortho intramolecular Hbond substituents is 1. The van der Waals surface area contributed by atoms with Crippen molar-refractivity contribution in [1.82, 2.24) is 4.72 Å². The number of anilines is 1. The minimum atomic E-state index is -3.92. The van der Waals surface area contributed by atoms with Crippen molar-refractivity contribution in [2.75, 3.05) is 10.8 Å². The number of rotatable bonds is 4. The molecule has 126 valence electrons. The zero-order chi connectivity index (χ0) is 17.3. The zero-order valence-electron chi connectivity index (χ0n) is 13.1. The van der Waals surface area contributed by atoms with E-state index in [0.29, 0.717) is 0 Å². The van der Waals surface area contributed by atoms with Crippen LogP contribution in [0.1, 0.15) is 24.0 Å². The van der Waals surface area contributed by atoms with Gasteiger partial charge in [-0.1, -0.05) is 43.3 Å². The smallest absolute Gasteiger partial charge is 0.326 e. The molecule has 1 heterocycles. The highest BCUT2D eigenvalue weighted by molar-refractivity contribution is 7.92. The van der Waals surface area contributed by atoms with Gasteiger partial charge in [-0.3, -0.25) is 4.79 Å². The Hall–Kier alpha value is -2.54. The van der Waals surface area contributed by atoms with E-state index in [1.165, 1.54) is 11.6 Å². The Balaban J connectivity index is 1.84. The predicted molar refractivity (Wildman–Crippen MR) is 91.1 cm³/mol. The minimum absolute atomic E-state index is 0.101. The van der Waals surface area contributed by atoms with Crippen molar-refractivity contribution in [2.45, 2.75) is 19.3 Å². The van der Waals surface area contributed by atoms with Crippen LogP contribution in [0, 0.1) is 0 Å². The molecular weight excluding hydrogens is 328 g/mol. The van der Waals surface area contributed by atoms with Crippen LogP contribution in [0.3, 0.4) is 0 Å². The third-order valence-electron chi connectivity index (χ3n) is 4.04. The van der Waals surface area contributed by atoms with Crippen LogP contribution in [-0.4, -0.2) is 26.0 Å². The quantitative estimate of drug-likeness (QED) is 0.885. The highest BCUT2D eigenvalue weighted by atomic mass is 32.2. The lowest BCUT2D eigenvalue weighted by atomic mass is 9.93. The maximum Gasteiger partial charge on any atom is 0.326 e. The Kier molecular flexibility index (Phi) is 4.19. The van der Waals surface area contributed by atoms with Crippen LogP contribution in [0.15, 0.2) is 48.5 Å². The topological polar surface area (TPSA) is 86.7 Å². The predicted octanol–water partition coefficient (Wildman–Crippen LogP) is 1.92. The molecule has 1 amide bonds. The lowest BCUT2D eigenvalue weighted by molar-refractivity contribution is -0.117. The van der Waals surface area contributed by atoms with E-state index in [0.717, 1.165) is 16.3 Å². The van der Waals surface area contributed by atoms with Gasteiger partial charge in [-0.15, -0.1) is 0 Å². The number of nitrogens with one attached hydrogen (secondary N) is 1. The van der Waals surface area contributed by atoms with Gasteiger partial charge in [0.15, 0.2) is 0 Å². The van der Waals surface area contributed by atoms with Gasteiger partial charge in [0.1, 0.15) is 12.3 Å². The number of hydrogen-bond donors (Lipinski definition) is 2. The molecule has 0 bridgehead atoms. The van der Waals surface area contributed by atoms with Gasteiger partial charge in [-0.25, -0.2) is 9.03 Å². The van der Waals surface area contributed by atoms with Crippen LogP contribution in [-0.2, 0) is 21.4 Å². The van der Waals surface area contributed by atoms with Crippen molar-refractivity contribution in [3.8, 4) is 5.75 Å². The largest absolute Gasteiger partial charge is 0.506 e. The summed E-state index contributed by atoms with van der Waals surface area (Å²) in [6.07, 6.45) is 0.807. The summed E-state index contributed by atoms with van der Waals surface area (Å²) in [6.45, 7) is 1.72. The average Bonchev–Trinajstić information content (AvgIpc) is 2.80. The lowest BCUT2D eigenvalue weighted by Gasteiger charge is -2.18. The molecule has 7 heteroatoms. The molecule has 0 radical (unpaired) electrons. The Morgan fingerprint density at radius 3 is 2.50 bits per heavy atom. The second-order valence-electron chi connectivity index (χ2n) is 5.88.